The third kappa shape index (κ3) is 2.82. The average molecular weight is 409 g/mol. The van der Waals surface area contributed by atoms with E-state index >= 15 is 4.39 Å². The first-order valence-electron chi connectivity index (χ1n) is 10.5. The van der Waals surface area contributed by atoms with E-state index in [2.05, 4.69) is 6.08 Å². The molecule has 0 unspecified atom stereocenters. The number of fused-ring (bicyclic) bond motifs is 5. The van der Waals surface area contributed by atoms with Gasteiger partial charge in [0, 0.05) is 24.4 Å². The minimum atomic E-state index is -1.58. The van der Waals surface area contributed by atoms with Gasteiger partial charge in [-0.25, -0.2) is 4.39 Å². The Morgan fingerprint density at radius 3 is 2.52 bits per heavy atom. The fraction of sp³-hybridized carbons (Fsp3) is 0.739. The zero-order valence-corrected chi connectivity index (χ0v) is 17.7. The molecular formula is C23H33FO5. The van der Waals surface area contributed by atoms with Crippen LogP contribution in [0.4, 0.5) is 4.39 Å². The van der Waals surface area contributed by atoms with E-state index in [1.807, 2.05) is 20.8 Å². The molecule has 0 aromatic rings. The molecule has 0 aliphatic heterocycles. The molecule has 5 nitrogen and oxygen atoms in total. The number of aliphatic hydroxyl groups is 3. The Labute approximate surface area is 171 Å². The summed E-state index contributed by atoms with van der Waals surface area (Å²) in [4.78, 5) is 24.4. The molecule has 0 aromatic heterocycles. The van der Waals surface area contributed by atoms with E-state index < -0.39 is 35.0 Å². The molecule has 3 N–H and O–H groups in total. The first kappa shape index (κ1) is 22.3. The molecule has 0 radical (unpaired) electrons. The second-order valence-corrected chi connectivity index (χ2v) is 9.58. The average Bonchev–Trinajstić information content (AvgIpc) is 2.92. The summed E-state index contributed by atoms with van der Waals surface area (Å²) in [6, 6.07) is 0. The number of hydrogen-bond donors (Lipinski definition) is 3. The standard InChI is InChI=1S/C22H29FO4.CH4O/c1-12-8-16-14-10-18(23)17-9-13(25)4-6-20(17,2)15(14)5-7-21(16,3)22(12,27)19(26)11-24;1-2/h5,9,12,14,16,18,24,27H,4,6-8,10-11H2,1-3H3;2H,1H3/t12-,14-,16+,18+,20-,21+,22+;/m1./s1. The van der Waals surface area contributed by atoms with Crippen LogP contribution in [0.25, 0.3) is 0 Å². The summed E-state index contributed by atoms with van der Waals surface area (Å²) in [5.41, 5.74) is -0.937. The van der Waals surface area contributed by atoms with E-state index in [0.717, 1.165) is 7.11 Å². The highest BCUT2D eigenvalue weighted by molar-refractivity contribution is 5.92. The van der Waals surface area contributed by atoms with Gasteiger partial charge in [-0.2, -0.15) is 0 Å². The summed E-state index contributed by atoms with van der Waals surface area (Å²) in [6.45, 7) is 5.15. The van der Waals surface area contributed by atoms with E-state index in [-0.39, 0.29) is 23.5 Å². The molecule has 0 bridgehead atoms. The van der Waals surface area contributed by atoms with Crippen molar-refractivity contribution in [3.05, 3.63) is 23.3 Å². The third-order valence-electron chi connectivity index (χ3n) is 8.47. The lowest BCUT2D eigenvalue weighted by molar-refractivity contribution is -0.161. The van der Waals surface area contributed by atoms with Crippen molar-refractivity contribution in [3.63, 3.8) is 0 Å². The molecule has 0 saturated heterocycles. The lowest BCUT2D eigenvalue weighted by Gasteiger charge is -2.55. The SMILES string of the molecule is CO.C[C@@H]1C[C@H]2[C@@H]3C[C@H](F)C4=CC(=O)CC[C@]4(C)C3=CC[C@]2(C)[C@@]1(O)C(=O)CO. The van der Waals surface area contributed by atoms with Gasteiger partial charge in [-0.3, -0.25) is 9.59 Å². The summed E-state index contributed by atoms with van der Waals surface area (Å²) in [6.07, 6.45) is 4.98. The molecule has 2 saturated carbocycles. The zero-order valence-electron chi connectivity index (χ0n) is 17.7. The fourth-order valence-corrected chi connectivity index (χ4v) is 6.92. The Kier molecular flexibility index (Phi) is 5.69. The quantitative estimate of drug-likeness (QED) is 0.611. The van der Waals surface area contributed by atoms with Crippen molar-refractivity contribution in [1.29, 1.82) is 0 Å². The molecule has 4 aliphatic rings. The molecule has 0 heterocycles. The summed E-state index contributed by atoms with van der Waals surface area (Å²) in [5, 5.41) is 27.8. The van der Waals surface area contributed by atoms with E-state index in [0.29, 0.717) is 37.7 Å². The number of carbonyl (C=O) groups is 2. The lowest BCUT2D eigenvalue weighted by atomic mass is 9.50. The minimum Gasteiger partial charge on any atom is -0.400 e. The summed E-state index contributed by atoms with van der Waals surface area (Å²) < 4.78 is 15.2. The Bertz CT molecular complexity index is 773. The molecule has 7 atom stereocenters. The first-order valence-corrected chi connectivity index (χ1v) is 10.5. The monoisotopic (exact) mass is 408 g/mol. The number of allylic oxidation sites excluding steroid dienone is 4. The first-order chi connectivity index (χ1) is 13.6. The van der Waals surface area contributed by atoms with Crippen LogP contribution in [-0.2, 0) is 9.59 Å². The van der Waals surface area contributed by atoms with Crippen LogP contribution >= 0.6 is 0 Å². The molecule has 0 spiro atoms. The van der Waals surface area contributed by atoms with Crippen molar-refractivity contribution in [2.24, 2.45) is 28.6 Å². The molecule has 162 valence electrons. The van der Waals surface area contributed by atoms with Crippen molar-refractivity contribution in [3.8, 4) is 0 Å². The topological polar surface area (TPSA) is 94.8 Å². The van der Waals surface area contributed by atoms with Crippen LogP contribution < -0.4 is 0 Å². The molecule has 4 aliphatic carbocycles. The van der Waals surface area contributed by atoms with E-state index in [1.54, 1.807) is 0 Å². The second-order valence-electron chi connectivity index (χ2n) is 9.58. The number of alkyl halides is 1. The molecule has 0 aromatic carbocycles. The smallest absolute Gasteiger partial charge is 0.190 e. The van der Waals surface area contributed by atoms with Gasteiger partial charge in [0.2, 0.25) is 0 Å². The van der Waals surface area contributed by atoms with Gasteiger partial charge >= 0.3 is 0 Å². The number of aliphatic hydroxyl groups excluding tert-OH is 2. The fourth-order valence-electron chi connectivity index (χ4n) is 6.92. The van der Waals surface area contributed by atoms with Crippen LogP contribution in [0.5, 0.6) is 0 Å². The Balaban J connectivity index is 0.00000117. The maximum atomic E-state index is 15.2. The van der Waals surface area contributed by atoms with E-state index in [1.165, 1.54) is 11.6 Å². The van der Waals surface area contributed by atoms with Crippen LogP contribution in [-0.4, -0.2) is 52.4 Å². The number of ketones is 2. The Hall–Kier alpha value is -1.37. The molecule has 0 amide bonds. The van der Waals surface area contributed by atoms with Crippen molar-refractivity contribution >= 4 is 11.6 Å². The highest BCUT2D eigenvalue weighted by atomic mass is 19.1. The van der Waals surface area contributed by atoms with Crippen LogP contribution in [0.3, 0.4) is 0 Å². The van der Waals surface area contributed by atoms with E-state index in [4.69, 9.17) is 5.11 Å². The number of rotatable bonds is 2. The summed E-state index contributed by atoms with van der Waals surface area (Å²) in [7, 11) is 1.00. The van der Waals surface area contributed by atoms with Gasteiger partial charge in [-0.05, 0) is 55.1 Å². The molecule has 2 fully saturated rings. The second kappa shape index (κ2) is 7.40. The maximum absolute atomic E-state index is 15.2. The number of hydrogen-bond acceptors (Lipinski definition) is 5. The maximum Gasteiger partial charge on any atom is 0.190 e. The number of halogens is 1. The largest absolute Gasteiger partial charge is 0.400 e. The molecule has 4 rings (SSSR count). The predicted molar refractivity (Wildman–Crippen MR) is 107 cm³/mol. The van der Waals surface area contributed by atoms with Crippen molar-refractivity contribution < 1.29 is 29.3 Å². The van der Waals surface area contributed by atoms with Crippen molar-refractivity contribution in [1.82, 2.24) is 0 Å². The highest BCUT2D eigenvalue weighted by Crippen LogP contribution is 2.67. The molecule has 29 heavy (non-hydrogen) atoms. The predicted octanol–water partition coefficient (Wildman–Crippen LogP) is 2.53. The minimum absolute atomic E-state index is 0.00206. The van der Waals surface area contributed by atoms with E-state index in [9.17, 15) is 19.8 Å². The Morgan fingerprint density at radius 2 is 1.90 bits per heavy atom. The van der Waals surface area contributed by atoms with Crippen LogP contribution in [0.2, 0.25) is 0 Å². The van der Waals surface area contributed by atoms with Crippen molar-refractivity contribution in [2.45, 2.75) is 64.6 Å². The van der Waals surface area contributed by atoms with Crippen molar-refractivity contribution in [2.75, 3.05) is 13.7 Å². The molecular weight excluding hydrogens is 375 g/mol. The summed E-state index contributed by atoms with van der Waals surface area (Å²) in [5.74, 6) is -0.864. The van der Waals surface area contributed by atoms with Crippen LogP contribution in [0, 0.1) is 28.6 Å². The van der Waals surface area contributed by atoms with Gasteiger partial charge in [0.15, 0.2) is 11.6 Å². The Morgan fingerprint density at radius 1 is 1.24 bits per heavy atom. The van der Waals surface area contributed by atoms with Crippen LogP contribution in [0.15, 0.2) is 23.3 Å². The highest BCUT2D eigenvalue weighted by Gasteiger charge is 2.67. The normalized spacial score (nSPS) is 45.7. The summed E-state index contributed by atoms with van der Waals surface area (Å²) >= 11 is 0. The van der Waals surface area contributed by atoms with Gasteiger partial charge in [-0.1, -0.05) is 32.4 Å². The van der Waals surface area contributed by atoms with Gasteiger partial charge < -0.3 is 15.3 Å². The number of Topliss-reactive ketones (excluding diaryl/α,β-unsaturated/α-hetero) is 1. The van der Waals surface area contributed by atoms with Gasteiger partial charge in [0.25, 0.3) is 0 Å². The van der Waals surface area contributed by atoms with Gasteiger partial charge in [0.1, 0.15) is 18.4 Å². The lowest BCUT2D eigenvalue weighted by Crippen LogP contribution is -2.58. The zero-order chi connectivity index (χ0) is 21.8. The number of carbonyl (C=O) groups excluding carboxylic acids is 2. The van der Waals surface area contributed by atoms with Gasteiger partial charge in [-0.15, -0.1) is 0 Å². The van der Waals surface area contributed by atoms with Gasteiger partial charge in [0.05, 0.1) is 0 Å². The molecule has 6 heteroatoms. The third-order valence-corrected chi connectivity index (χ3v) is 8.47. The van der Waals surface area contributed by atoms with Crippen LogP contribution in [0.1, 0.15) is 52.9 Å².